The van der Waals surface area contributed by atoms with Crippen molar-refractivity contribution in [2.45, 2.75) is 50.7 Å². The van der Waals surface area contributed by atoms with Gasteiger partial charge in [-0.25, -0.2) is 4.68 Å². The molecule has 1 amide bonds. The number of nitrogens with zero attached hydrogens (tertiary/aromatic N) is 6. The third kappa shape index (κ3) is 3.92. The van der Waals surface area contributed by atoms with Crippen molar-refractivity contribution in [3.63, 3.8) is 0 Å². The van der Waals surface area contributed by atoms with Gasteiger partial charge in [-0.1, -0.05) is 28.6 Å². The van der Waals surface area contributed by atoms with Crippen LogP contribution in [0.4, 0.5) is 0 Å². The summed E-state index contributed by atoms with van der Waals surface area (Å²) in [5, 5.41) is 12.5. The minimum Gasteiger partial charge on any atom is -0.481 e. The first-order valence-corrected chi connectivity index (χ1v) is 10.4. The number of amides is 1. The van der Waals surface area contributed by atoms with Gasteiger partial charge in [-0.2, -0.15) is 4.98 Å². The number of para-hydroxylation sites is 1. The van der Waals surface area contributed by atoms with Gasteiger partial charge < -0.3 is 14.2 Å². The minimum absolute atomic E-state index is 0.0186. The topological polar surface area (TPSA) is 99.2 Å². The van der Waals surface area contributed by atoms with Crippen LogP contribution in [-0.4, -0.2) is 55.1 Å². The average Bonchev–Trinajstić information content (AvgIpc) is 3.30. The molecule has 3 heterocycles. The highest BCUT2D eigenvalue weighted by Crippen LogP contribution is 2.38. The Morgan fingerprint density at radius 1 is 1.23 bits per heavy atom. The maximum atomic E-state index is 12.9. The van der Waals surface area contributed by atoms with Crippen LogP contribution in [0, 0.1) is 0 Å². The van der Waals surface area contributed by atoms with Crippen LogP contribution in [0.25, 0.3) is 11.6 Å². The average molecular weight is 408 g/mol. The summed E-state index contributed by atoms with van der Waals surface area (Å²) < 4.78 is 13.0. The van der Waals surface area contributed by atoms with Gasteiger partial charge >= 0.3 is 0 Å². The summed E-state index contributed by atoms with van der Waals surface area (Å²) in [7, 11) is 0. The van der Waals surface area contributed by atoms with E-state index in [1.807, 2.05) is 41.4 Å². The zero-order valence-corrected chi connectivity index (χ0v) is 16.8. The number of piperidine rings is 1. The molecule has 30 heavy (non-hydrogen) atoms. The quantitative estimate of drug-likeness (QED) is 0.618. The number of rotatable bonds is 6. The molecule has 1 saturated heterocycles. The fourth-order valence-corrected chi connectivity index (χ4v) is 3.78. The zero-order valence-electron chi connectivity index (χ0n) is 16.8. The van der Waals surface area contributed by atoms with Crippen LogP contribution < -0.4 is 4.74 Å². The van der Waals surface area contributed by atoms with E-state index < -0.39 is 6.10 Å². The second kappa shape index (κ2) is 7.89. The molecule has 1 aromatic carbocycles. The van der Waals surface area contributed by atoms with E-state index in [2.05, 4.69) is 20.5 Å². The molecule has 1 aliphatic carbocycles. The van der Waals surface area contributed by atoms with Crippen molar-refractivity contribution < 1.29 is 14.1 Å². The number of carbonyl (C=O) groups is 1. The normalized spacial score (nSPS) is 20.2. The Labute approximate surface area is 174 Å². The van der Waals surface area contributed by atoms with Gasteiger partial charge in [-0.3, -0.25) is 4.79 Å². The molecule has 9 heteroatoms. The predicted molar refractivity (Wildman–Crippen MR) is 107 cm³/mol. The highest BCUT2D eigenvalue weighted by atomic mass is 16.5. The Kier molecular flexibility index (Phi) is 4.94. The van der Waals surface area contributed by atoms with Crippen LogP contribution in [0.2, 0.25) is 0 Å². The summed E-state index contributed by atoms with van der Waals surface area (Å²) in [4.78, 5) is 19.2. The van der Waals surface area contributed by atoms with Crippen LogP contribution in [0.1, 0.15) is 50.4 Å². The molecule has 2 atom stereocenters. The van der Waals surface area contributed by atoms with Crippen molar-refractivity contribution in [1.29, 1.82) is 0 Å². The van der Waals surface area contributed by atoms with Gasteiger partial charge in [0.15, 0.2) is 17.6 Å². The standard InChI is InChI=1S/C21H24N6O3/c1-14(29-17-7-3-2-4-8-17)21(28)26-11-5-6-16(12-26)27-13-18(23-25-27)20-22-19(24-30-20)15-9-10-15/h2-4,7-8,13-16H,5-6,9-12H2,1H3. The lowest BCUT2D eigenvalue weighted by atomic mass is 10.1. The van der Waals surface area contributed by atoms with E-state index in [0.29, 0.717) is 36.3 Å². The van der Waals surface area contributed by atoms with Gasteiger partial charge in [0, 0.05) is 19.0 Å². The molecule has 156 valence electrons. The molecule has 0 radical (unpaired) electrons. The Hall–Kier alpha value is -3.23. The Balaban J connectivity index is 1.24. The summed E-state index contributed by atoms with van der Waals surface area (Å²) in [6.45, 7) is 3.08. The van der Waals surface area contributed by atoms with Crippen LogP contribution in [0.3, 0.4) is 0 Å². The van der Waals surface area contributed by atoms with Gasteiger partial charge in [0.05, 0.1) is 12.2 Å². The van der Waals surface area contributed by atoms with E-state index in [-0.39, 0.29) is 11.9 Å². The second-order valence-electron chi connectivity index (χ2n) is 7.97. The predicted octanol–water partition coefficient (Wildman–Crippen LogP) is 2.84. The molecular formula is C21H24N6O3. The molecule has 2 aromatic heterocycles. The summed E-state index contributed by atoms with van der Waals surface area (Å²) in [5.41, 5.74) is 0.568. The van der Waals surface area contributed by atoms with Gasteiger partial charge in [-0.15, -0.1) is 5.10 Å². The first kappa shape index (κ1) is 18.8. The van der Waals surface area contributed by atoms with E-state index in [1.54, 1.807) is 11.6 Å². The second-order valence-corrected chi connectivity index (χ2v) is 7.97. The van der Waals surface area contributed by atoms with Crippen molar-refractivity contribution in [1.82, 2.24) is 30.0 Å². The van der Waals surface area contributed by atoms with Gasteiger partial charge in [0.25, 0.3) is 11.8 Å². The Morgan fingerprint density at radius 3 is 2.87 bits per heavy atom. The summed E-state index contributed by atoms with van der Waals surface area (Å²) >= 11 is 0. The van der Waals surface area contributed by atoms with E-state index in [9.17, 15) is 4.79 Å². The molecule has 3 aromatic rings. The number of benzene rings is 1. The van der Waals surface area contributed by atoms with E-state index in [4.69, 9.17) is 9.26 Å². The van der Waals surface area contributed by atoms with Crippen LogP contribution in [-0.2, 0) is 4.79 Å². The Morgan fingerprint density at radius 2 is 2.07 bits per heavy atom. The smallest absolute Gasteiger partial charge is 0.280 e. The summed E-state index contributed by atoms with van der Waals surface area (Å²) in [5.74, 6) is 2.25. The van der Waals surface area contributed by atoms with Crippen molar-refractivity contribution in [3.8, 4) is 17.3 Å². The first-order valence-electron chi connectivity index (χ1n) is 10.4. The lowest BCUT2D eigenvalue weighted by Gasteiger charge is -2.34. The van der Waals surface area contributed by atoms with Crippen LogP contribution in [0.5, 0.6) is 5.75 Å². The van der Waals surface area contributed by atoms with Crippen molar-refractivity contribution in [3.05, 3.63) is 42.4 Å². The van der Waals surface area contributed by atoms with Crippen LogP contribution in [0.15, 0.2) is 41.1 Å². The molecule has 0 bridgehead atoms. The van der Waals surface area contributed by atoms with E-state index >= 15 is 0 Å². The molecule has 0 N–H and O–H groups in total. The highest BCUT2D eigenvalue weighted by molar-refractivity contribution is 5.81. The molecule has 9 nitrogen and oxygen atoms in total. The molecule has 5 rings (SSSR count). The molecule has 2 fully saturated rings. The maximum absolute atomic E-state index is 12.9. The lowest BCUT2D eigenvalue weighted by Crippen LogP contribution is -2.46. The van der Waals surface area contributed by atoms with E-state index in [1.165, 1.54) is 0 Å². The number of aromatic nitrogens is 5. The largest absolute Gasteiger partial charge is 0.481 e. The van der Waals surface area contributed by atoms with Crippen LogP contribution >= 0.6 is 0 Å². The maximum Gasteiger partial charge on any atom is 0.280 e. The highest BCUT2D eigenvalue weighted by Gasteiger charge is 2.31. The molecule has 1 saturated carbocycles. The van der Waals surface area contributed by atoms with Crippen molar-refractivity contribution in [2.75, 3.05) is 13.1 Å². The number of hydrogen-bond donors (Lipinski definition) is 0. The molecule has 2 unspecified atom stereocenters. The van der Waals surface area contributed by atoms with Gasteiger partial charge in [0.2, 0.25) is 0 Å². The molecule has 2 aliphatic rings. The van der Waals surface area contributed by atoms with Gasteiger partial charge in [-0.05, 0) is 44.7 Å². The number of likely N-dealkylation sites (tertiary alicyclic amines) is 1. The minimum atomic E-state index is -0.545. The summed E-state index contributed by atoms with van der Waals surface area (Å²) in [6.07, 6.45) is 5.34. The zero-order chi connectivity index (χ0) is 20.5. The Bertz CT molecular complexity index is 1010. The SMILES string of the molecule is CC(Oc1ccccc1)C(=O)N1CCCC(n2cc(-c3nc(C4CC4)no3)nn2)C1. The monoisotopic (exact) mass is 408 g/mol. The molecule has 1 aliphatic heterocycles. The number of ether oxygens (including phenoxy) is 1. The van der Waals surface area contributed by atoms with Gasteiger partial charge in [0.1, 0.15) is 5.75 Å². The third-order valence-electron chi connectivity index (χ3n) is 5.60. The molecule has 0 spiro atoms. The first-order chi connectivity index (χ1) is 14.7. The third-order valence-corrected chi connectivity index (χ3v) is 5.60. The molecular weight excluding hydrogens is 384 g/mol. The summed E-state index contributed by atoms with van der Waals surface area (Å²) in [6, 6.07) is 9.46. The lowest BCUT2D eigenvalue weighted by molar-refractivity contribution is -0.139. The van der Waals surface area contributed by atoms with E-state index in [0.717, 1.165) is 31.5 Å². The fraction of sp³-hybridized carbons (Fsp3) is 0.476. The number of hydrogen-bond acceptors (Lipinski definition) is 7. The number of carbonyl (C=O) groups excluding carboxylic acids is 1. The van der Waals surface area contributed by atoms with Crippen molar-refractivity contribution in [2.24, 2.45) is 0 Å². The van der Waals surface area contributed by atoms with Crippen molar-refractivity contribution >= 4 is 5.91 Å². The fourth-order valence-electron chi connectivity index (χ4n) is 3.78.